The number of rotatable bonds is 5. The van der Waals surface area contributed by atoms with Gasteiger partial charge in [0.1, 0.15) is 0 Å². The zero-order valence-corrected chi connectivity index (χ0v) is 12.7. The Hall–Kier alpha value is -2.69. The lowest BCUT2D eigenvalue weighted by Crippen LogP contribution is -2.20. The monoisotopic (exact) mass is 297 g/mol. The normalized spacial score (nSPS) is 10.1. The summed E-state index contributed by atoms with van der Waals surface area (Å²) < 4.78 is 0. The van der Waals surface area contributed by atoms with Gasteiger partial charge in [-0.15, -0.1) is 0 Å². The average Bonchev–Trinajstić information content (AvgIpc) is 2.53. The van der Waals surface area contributed by atoms with Crippen LogP contribution in [0.2, 0.25) is 0 Å². The van der Waals surface area contributed by atoms with E-state index < -0.39 is 0 Å². The van der Waals surface area contributed by atoms with Gasteiger partial charge in [0.15, 0.2) is 0 Å². The minimum atomic E-state index is -0.188. The van der Waals surface area contributed by atoms with Gasteiger partial charge in [0.2, 0.25) is 5.91 Å². The van der Waals surface area contributed by atoms with Gasteiger partial charge in [-0.2, -0.15) is 0 Å². The fraction of sp³-hybridized carbons (Fsp3) is 0.235. The van der Waals surface area contributed by atoms with E-state index in [-0.39, 0.29) is 11.8 Å². The Morgan fingerprint density at radius 1 is 1.18 bits per heavy atom. The molecule has 0 unspecified atom stereocenters. The van der Waals surface area contributed by atoms with Crippen LogP contribution in [-0.4, -0.2) is 16.8 Å². The first-order valence-corrected chi connectivity index (χ1v) is 7.18. The molecule has 2 rings (SSSR count). The van der Waals surface area contributed by atoms with Crippen molar-refractivity contribution in [2.24, 2.45) is 0 Å². The van der Waals surface area contributed by atoms with E-state index in [1.807, 2.05) is 31.2 Å². The van der Waals surface area contributed by atoms with Crippen molar-refractivity contribution in [3.63, 3.8) is 0 Å². The van der Waals surface area contributed by atoms with Crippen molar-refractivity contribution in [3.05, 3.63) is 59.4 Å². The largest absolute Gasteiger partial charge is 0.351 e. The number of aromatic nitrogens is 1. The molecular formula is C17H19N3O2. The van der Waals surface area contributed by atoms with Crippen LogP contribution < -0.4 is 10.6 Å². The van der Waals surface area contributed by atoms with E-state index >= 15 is 0 Å². The number of amides is 2. The number of nitrogens with one attached hydrogen (secondary N) is 2. The number of benzene rings is 1. The molecule has 0 saturated heterocycles. The predicted octanol–water partition coefficient (Wildman–Crippen LogP) is 2.53. The summed E-state index contributed by atoms with van der Waals surface area (Å²) in [5.74, 6) is -0.319. The first-order valence-electron chi connectivity index (χ1n) is 7.18. The van der Waals surface area contributed by atoms with Crippen LogP contribution in [0.3, 0.4) is 0 Å². The molecule has 1 aromatic carbocycles. The number of hydrogen-bond acceptors (Lipinski definition) is 3. The van der Waals surface area contributed by atoms with E-state index in [0.29, 0.717) is 17.8 Å². The zero-order chi connectivity index (χ0) is 15.9. The molecule has 0 aliphatic heterocycles. The molecule has 5 nitrogen and oxygen atoms in total. The van der Waals surface area contributed by atoms with Crippen molar-refractivity contribution in [2.45, 2.75) is 26.8 Å². The molecule has 2 aromatic rings. The smallest absolute Gasteiger partial charge is 0.255 e. The number of anilines is 1. The number of nitrogens with zero attached hydrogens (tertiary/aromatic N) is 1. The van der Waals surface area contributed by atoms with Gasteiger partial charge >= 0.3 is 0 Å². The van der Waals surface area contributed by atoms with Crippen LogP contribution >= 0.6 is 0 Å². The van der Waals surface area contributed by atoms with Gasteiger partial charge in [0, 0.05) is 24.4 Å². The van der Waals surface area contributed by atoms with E-state index in [2.05, 4.69) is 15.6 Å². The van der Waals surface area contributed by atoms with Crippen LogP contribution in [0.4, 0.5) is 5.69 Å². The van der Waals surface area contributed by atoms with Crippen molar-refractivity contribution >= 4 is 17.5 Å². The van der Waals surface area contributed by atoms with Crippen LogP contribution in [0.25, 0.3) is 0 Å². The molecule has 2 N–H and O–H groups in total. The highest BCUT2D eigenvalue weighted by atomic mass is 16.2. The molecule has 0 spiro atoms. The minimum absolute atomic E-state index is 0.131. The van der Waals surface area contributed by atoms with E-state index in [0.717, 1.165) is 17.7 Å². The molecule has 1 aromatic heterocycles. The van der Waals surface area contributed by atoms with Gasteiger partial charge in [-0.05, 0) is 30.2 Å². The number of hydrogen-bond donors (Lipinski definition) is 2. The second-order valence-electron chi connectivity index (χ2n) is 4.91. The lowest BCUT2D eigenvalue weighted by atomic mass is 10.1. The highest BCUT2D eigenvalue weighted by Gasteiger charge is 2.09. The Bertz CT molecular complexity index is 683. The number of carbonyl (C=O) groups is 2. The summed E-state index contributed by atoms with van der Waals surface area (Å²) in [7, 11) is 0. The Morgan fingerprint density at radius 2 is 1.95 bits per heavy atom. The minimum Gasteiger partial charge on any atom is -0.351 e. The summed E-state index contributed by atoms with van der Waals surface area (Å²) in [6, 6.07) is 11.1. The maximum absolute atomic E-state index is 12.3. The van der Waals surface area contributed by atoms with Gasteiger partial charge in [0.05, 0.1) is 12.2 Å². The third-order valence-corrected chi connectivity index (χ3v) is 3.24. The third kappa shape index (κ3) is 4.15. The van der Waals surface area contributed by atoms with Crippen LogP contribution in [0, 0.1) is 0 Å². The molecule has 2 amide bonds. The fourth-order valence-corrected chi connectivity index (χ4v) is 2.08. The summed E-state index contributed by atoms with van der Waals surface area (Å²) in [5.41, 5.74) is 3.06. The van der Waals surface area contributed by atoms with Crippen LogP contribution in [0.5, 0.6) is 0 Å². The highest BCUT2D eigenvalue weighted by Crippen LogP contribution is 2.16. The predicted molar refractivity (Wildman–Crippen MR) is 85.5 cm³/mol. The second kappa shape index (κ2) is 7.36. The summed E-state index contributed by atoms with van der Waals surface area (Å²) in [6.45, 7) is 3.79. The number of aryl methyl sites for hydroxylation is 1. The topological polar surface area (TPSA) is 71.1 Å². The summed E-state index contributed by atoms with van der Waals surface area (Å²) in [4.78, 5) is 27.4. The maximum Gasteiger partial charge on any atom is 0.255 e. The molecule has 0 aliphatic carbocycles. The molecule has 0 saturated carbocycles. The average molecular weight is 297 g/mol. The molecule has 22 heavy (non-hydrogen) atoms. The van der Waals surface area contributed by atoms with Gasteiger partial charge in [-0.25, -0.2) is 0 Å². The molecule has 0 aliphatic rings. The van der Waals surface area contributed by atoms with E-state index in [4.69, 9.17) is 0 Å². The summed E-state index contributed by atoms with van der Waals surface area (Å²) in [6.07, 6.45) is 2.42. The summed E-state index contributed by atoms with van der Waals surface area (Å²) in [5, 5.41) is 5.58. The Morgan fingerprint density at radius 3 is 2.68 bits per heavy atom. The van der Waals surface area contributed by atoms with Gasteiger partial charge in [0.25, 0.3) is 5.91 Å². The first-order chi connectivity index (χ1) is 10.6. The van der Waals surface area contributed by atoms with Crippen molar-refractivity contribution in [3.8, 4) is 0 Å². The lowest BCUT2D eigenvalue weighted by molar-refractivity contribution is -0.119. The standard InChI is InChI=1S/C17H19N3O2/c1-3-13-6-4-5-7-16(13)20-17(22)14-8-9-18-15(10-14)11-19-12(2)21/h4-10H,3,11H2,1-2H3,(H,19,21)(H,20,22). The zero-order valence-electron chi connectivity index (χ0n) is 12.7. The summed E-state index contributed by atoms with van der Waals surface area (Å²) >= 11 is 0. The highest BCUT2D eigenvalue weighted by molar-refractivity contribution is 6.04. The fourth-order valence-electron chi connectivity index (χ4n) is 2.08. The van der Waals surface area contributed by atoms with E-state index in [9.17, 15) is 9.59 Å². The van der Waals surface area contributed by atoms with Crippen LogP contribution in [-0.2, 0) is 17.8 Å². The molecule has 5 heteroatoms. The molecule has 1 heterocycles. The third-order valence-electron chi connectivity index (χ3n) is 3.24. The van der Waals surface area contributed by atoms with Gasteiger partial charge in [-0.3, -0.25) is 14.6 Å². The van der Waals surface area contributed by atoms with Crippen molar-refractivity contribution in [1.82, 2.24) is 10.3 Å². The van der Waals surface area contributed by atoms with Gasteiger partial charge in [-0.1, -0.05) is 25.1 Å². The molecular weight excluding hydrogens is 278 g/mol. The molecule has 114 valence electrons. The molecule has 0 atom stereocenters. The SMILES string of the molecule is CCc1ccccc1NC(=O)c1ccnc(CNC(C)=O)c1. The number of para-hydroxylation sites is 1. The van der Waals surface area contributed by atoms with E-state index in [1.54, 1.807) is 18.3 Å². The maximum atomic E-state index is 12.3. The van der Waals surface area contributed by atoms with Crippen molar-refractivity contribution in [1.29, 1.82) is 0 Å². The number of pyridine rings is 1. The quantitative estimate of drug-likeness (QED) is 0.891. The van der Waals surface area contributed by atoms with E-state index in [1.165, 1.54) is 6.92 Å². The number of carbonyl (C=O) groups excluding carboxylic acids is 2. The Labute approximate surface area is 129 Å². The molecule has 0 fully saturated rings. The Balaban J connectivity index is 2.12. The van der Waals surface area contributed by atoms with Crippen molar-refractivity contribution < 1.29 is 9.59 Å². The first kappa shape index (κ1) is 15.7. The Kier molecular flexibility index (Phi) is 5.25. The lowest BCUT2D eigenvalue weighted by Gasteiger charge is -2.10. The van der Waals surface area contributed by atoms with Crippen LogP contribution in [0.1, 0.15) is 35.5 Å². The molecule has 0 radical (unpaired) electrons. The molecule has 0 bridgehead atoms. The van der Waals surface area contributed by atoms with Crippen LogP contribution in [0.15, 0.2) is 42.6 Å². The van der Waals surface area contributed by atoms with Crippen molar-refractivity contribution in [2.75, 3.05) is 5.32 Å². The van der Waals surface area contributed by atoms with Gasteiger partial charge < -0.3 is 10.6 Å². The second-order valence-corrected chi connectivity index (χ2v) is 4.91.